The van der Waals surface area contributed by atoms with Crippen LogP contribution in [0.2, 0.25) is 0 Å². The maximum Gasteiger partial charge on any atom is 0.253 e. The van der Waals surface area contributed by atoms with Crippen LogP contribution >= 0.6 is 11.3 Å². The van der Waals surface area contributed by atoms with E-state index in [9.17, 15) is 4.79 Å². The van der Waals surface area contributed by atoms with Gasteiger partial charge in [0.15, 0.2) is 0 Å². The van der Waals surface area contributed by atoms with Crippen molar-refractivity contribution in [3.63, 3.8) is 0 Å². The van der Waals surface area contributed by atoms with Crippen LogP contribution in [0.4, 0.5) is 0 Å². The molecule has 0 aromatic carbocycles. The second kappa shape index (κ2) is 5.31. The van der Waals surface area contributed by atoms with Crippen molar-refractivity contribution in [2.45, 2.75) is 18.9 Å². The first-order valence-electron chi connectivity index (χ1n) is 6.25. The lowest BCUT2D eigenvalue weighted by atomic mass is 9.97. The number of ether oxygens (including phenoxy) is 1. The van der Waals surface area contributed by atoms with Gasteiger partial charge in [-0.15, -0.1) is 11.3 Å². The quantitative estimate of drug-likeness (QED) is 0.830. The average molecular weight is 272 g/mol. The first-order valence-corrected chi connectivity index (χ1v) is 7.13. The molecule has 0 aliphatic carbocycles. The van der Waals surface area contributed by atoms with E-state index in [4.69, 9.17) is 12.6 Å². The Kier molecular flexibility index (Phi) is 3.53. The normalized spacial score (nSPS) is 16.6. The van der Waals surface area contributed by atoms with Crippen LogP contribution in [0.5, 0.6) is 0 Å². The molecule has 0 saturated carbocycles. The SMILES string of the molecule is [B]c1cnc2scc(C(=O)NC3CCOCC3)c2c1. The van der Waals surface area contributed by atoms with Gasteiger partial charge in [0.1, 0.15) is 12.7 Å². The Labute approximate surface area is 116 Å². The van der Waals surface area contributed by atoms with Crippen molar-refractivity contribution in [1.29, 1.82) is 0 Å². The summed E-state index contributed by atoms with van der Waals surface area (Å²) in [4.78, 5) is 17.3. The van der Waals surface area contributed by atoms with Gasteiger partial charge in [-0.25, -0.2) is 4.98 Å². The third kappa shape index (κ3) is 2.64. The zero-order valence-corrected chi connectivity index (χ0v) is 11.2. The Morgan fingerprint density at radius 3 is 3.05 bits per heavy atom. The predicted molar refractivity (Wildman–Crippen MR) is 76.3 cm³/mol. The van der Waals surface area contributed by atoms with E-state index in [0.29, 0.717) is 24.2 Å². The Morgan fingerprint density at radius 2 is 2.26 bits per heavy atom. The molecule has 6 heteroatoms. The van der Waals surface area contributed by atoms with Gasteiger partial charge in [-0.3, -0.25) is 4.79 Å². The van der Waals surface area contributed by atoms with E-state index in [0.717, 1.165) is 23.1 Å². The Balaban J connectivity index is 1.82. The van der Waals surface area contributed by atoms with Gasteiger partial charge < -0.3 is 10.1 Å². The Morgan fingerprint density at radius 1 is 1.47 bits per heavy atom. The summed E-state index contributed by atoms with van der Waals surface area (Å²) in [5, 5.41) is 5.72. The molecule has 1 aliphatic heterocycles. The molecule has 19 heavy (non-hydrogen) atoms. The van der Waals surface area contributed by atoms with Gasteiger partial charge in [-0.1, -0.05) is 11.5 Å². The summed E-state index contributed by atoms with van der Waals surface area (Å²) in [6, 6.07) is 2.00. The maximum absolute atomic E-state index is 12.3. The number of rotatable bonds is 2. The minimum Gasteiger partial charge on any atom is -0.381 e. The zero-order valence-electron chi connectivity index (χ0n) is 10.4. The van der Waals surface area contributed by atoms with Gasteiger partial charge >= 0.3 is 0 Å². The van der Waals surface area contributed by atoms with Gasteiger partial charge in [0.05, 0.1) is 5.56 Å². The third-order valence-electron chi connectivity index (χ3n) is 3.25. The molecule has 4 nitrogen and oxygen atoms in total. The minimum absolute atomic E-state index is 0.0504. The first-order chi connectivity index (χ1) is 9.24. The van der Waals surface area contributed by atoms with Crippen molar-refractivity contribution in [1.82, 2.24) is 10.3 Å². The van der Waals surface area contributed by atoms with Crippen molar-refractivity contribution in [2.24, 2.45) is 0 Å². The fourth-order valence-electron chi connectivity index (χ4n) is 2.21. The Hall–Kier alpha value is -1.40. The number of carbonyl (C=O) groups is 1. The second-order valence-electron chi connectivity index (χ2n) is 4.63. The summed E-state index contributed by atoms with van der Waals surface area (Å²) < 4.78 is 5.28. The van der Waals surface area contributed by atoms with Crippen molar-refractivity contribution < 1.29 is 9.53 Å². The van der Waals surface area contributed by atoms with Crippen molar-refractivity contribution >= 4 is 40.8 Å². The molecule has 0 atom stereocenters. The van der Waals surface area contributed by atoms with Crippen molar-refractivity contribution in [2.75, 3.05) is 13.2 Å². The van der Waals surface area contributed by atoms with Crippen LogP contribution in [0, 0.1) is 0 Å². The standard InChI is InChI=1S/C13H13BN2O2S/c14-8-5-10-11(7-19-13(10)15-6-8)12(17)16-9-1-3-18-4-2-9/h5-7,9H,1-4H2,(H,16,17). The zero-order chi connectivity index (χ0) is 13.2. The van der Waals surface area contributed by atoms with Crippen LogP contribution in [-0.4, -0.2) is 38.0 Å². The van der Waals surface area contributed by atoms with Gasteiger partial charge in [0.25, 0.3) is 5.91 Å². The maximum atomic E-state index is 12.3. The topological polar surface area (TPSA) is 51.2 Å². The molecule has 1 saturated heterocycles. The molecule has 2 aromatic heterocycles. The molecule has 2 radical (unpaired) electrons. The molecule has 3 heterocycles. The largest absolute Gasteiger partial charge is 0.381 e. The average Bonchev–Trinajstić information content (AvgIpc) is 2.82. The van der Waals surface area contributed by atoms with Crippen LogP contribution in [-0.2, 0) is 4.74 Å². The lowest BCUT2D eigenvalue weighted by Crippen LogP contribution is -2.38. The van der Waals surface area contributed by atoms with Gasteiger partial charge in [0, 0.05) is 36.2 Å². The number of pyridine rings is 1. The van der Waals surface area contributed by atoms with E-state index in [1.807, 2.05) is 5.38 Å². The molecule has 3 rings (SSSR count). The van der Waals surface area contributed by atoms with Crippen molar-refractivity contribution in [3.05, 3.63) is 23.2 Å². The molecular weight excluding hydrogens is 259 g/mol. The van der Waals surface area contributed by atoms with E-state index in [1.165, 1.54) is 11.3 Å². The fourth-order valence-corrected chi connectivity index (χ4v) is 3.09. The highest BCUT2D eigenvalue weighted by atomic mass is 32.1. The molecular formula is C13H13BN2O2S. The monoisotopic (exact) mass is 272 g/mol. The summed E-state index contributed by atoms with van der Waals surface area (Å²) >= 11 is 1.46. The molecule has 0 unspecified atom stereocenters. The van der Waals surface area contributed by atoms with E-state index < -0.39 is 0 Å². The number of hydrogen-bond acceptors (Lipinski definition) is 4. The van der Waals surface area contributed by atoms with Gasteiger partial charge in [-0.05, 0) is 12.8 Å². The molecule has 0 spiro atoms. The number of fused-ring (bicyclic) bond motifs is 1. The van der Waals surface area contributed by atoms with Crippen LogP contribution < -0.4 is 10.8 Å². The van der Waals surface area contributed by atoms with Crippen LogP contribution in [0.1, 0.15) is 23.2 Å². The lowest BCUT2D eigenvalue weighted by molar-refractivity contribution is 0.0697. The number of amides is 1. The van der Waals surface area contributed by atoms with E-state index >= 15 is 0 Å². The van der Waals surface area contributed by atoms with Crippen molar-refractivity contribution in [3.8, 4) is 0 Å². The molecule has 1 N–H and O–H groups in total. The molecule has 1 amide bonds. The summed E-state index contributed by atoms with van der Waals surface area (Å²) in [6.45, 7) is 1.42. The first kappa shape index (κ1) is 12.6. The number of thiophene rings is 1. The lowest BCUT2D eigenvalue weighted by Gasteiger charge is -2.22. The van der Waals surface area contributed by atoms with Gasteiger partial charge in [0.2, 0.25) is 0 Å². The highest BCUT2D eigenvalue weighted by Gasteiger charge is 2.19. The molecule has 1 aliphatic rings. The number of nitrogens with zero attached hydrogens (tertiary/aromatic N) is 1. The minimum atomic E-state index is -0.0504. The molecule has 2 aromatic rings. The van der Waals surface area contributed by atoms with E-state index in [1.54, 1.807) is 12.3 Å². The van der Waals surface area contributed by atoms with Crippen LogP contribution in [0.25, 0.3) is 10.2 Å². The summed E-state index contributed by atoms with van der Waals surface area (Å²) in [6.07, 6.45) is 3.35. The fraction of sp³-hybridized carbons (Fsp3) is 0.385. The smallest absolute Gasteiger partial charge is 0.253 e. The molecule has 0 bridgehead atoms. The summed E-state index contributed by atoms with van der Waals surface area (Å²) in [5.74, 6) is -0.0504. The molecule has 96 valence electrons. The number of nitrogens with one attached hydrogen (secondary N) is 1. The second-order valence-corrected chi connectivity index (χ2v) is 5.49. The van der Waals surface area contributed by atoms with E-state index in [2.05, 4.69) is 10.3 Å². The summed E-state index contributed by atoms with van der Waals surface area (Å²) in [5.41, 5.74) is 1.23. The number of aromatic nitrogens is 1. The van der Waals surface area contributed by atoms with E-state index in [-0.39, 0.29) is 11.9 Å². The molecule has 1 fully saturated rings. The summed E-state index contributed by atoms with van der Waals surface area (Å²) in [7, 11) is 5.73. The highest BCUT2D eigenvalue weighted by Crippen LogP contribution is 2.23. The highest BCUT2D eigenvalue weighted by molar-refractivity contribution is 7.17. The van der Waals surface area contributed by atoms with Crippen LogP contribution in [0.3, 0.4) is 0 Å². The number of carbonyl (C=O) groups excluding carboxylic acids is 1. The third-order valence-corrected chi connectivity index (χ3v) is 4.15. The van der Waals surface area contributed by atoms with Crippen LogP contribution in [0.15, 0.2) is 17.6 Å². The number of hydrogen-bond donors (Lipinski definition) is 1. The predicted octanol–water partition coefficient (Wildman–Crippen LogP) is 0.999. The Bertz CT molecular complexity index is 608. The van der Waals surface area contributed by atoms with Gasteiger partial charge in [-0.2, -0.15) is 0 Å².